The van der Waals surface area contributed by atoms with Gasteiger partial charge in [0, 0.05) is 10.2 Å². The molecule has 5 nitrogen and oxygen atoms in total. The molecule has 0 saturated carbocycles. The van der Waals surface area contributed by atoms with Crippen LogP contribution >= 0.6 is 15.9 Å². The Bertz CT molecular complexity index is 885. The van der Waals surface area contributed by atoms with Gasteiger partial charge >= 0.3 is 0 Å². The van der Waals surface area contributed by atoms with Crippen molar-refractivity contribution < 1.29 is 14.3 Å². The van der Waals surface area contributed by atoms with E-state index in [2.05, 4.69) is 21.2 Å². The summed E-state index contributed by atoms with van der Waals surface area (Å²) in [4.78, 5) is 12.4. The molecule has 0 unspecified atom stereocenters. The van der Waals surface area contributed by atoms with Crippen LogP contribution in [0, 0.1) is 18.3 Å². The van der Waals surface area contributed by atoms with Crippen molar-refractivity contribution in [1.82, 2.24) is 0 Å². The number of carbonyl (C=O) groups is 1. The molecule has 2 aromatic rings. The highest BCUT2D eigenvalue weighted by molar-refractivity contribution is 9.10. The Morgan fingerprint density at radius 1 is 1.27 bits per heavy atom. The Morgan fingerprint density at radius 2 is 2.04 bits per heavy atom. The van der Waals surface area contributed by atoms with E-state index in [0.717, 1.165) is 10.0 Å². The molecule has 1 amide bonds. The van der Waals surface area contributed by atoms with Crippen molar-refractivity contribution in [2.45, 2.75) is 13.8 Å². The second-order valence-corrected chi connectivity index (χ2v) is 6.34. The summed E-state index contributed by atoms with van der Waals surface area (Å²) in [5.74, 6) is 0.688. The maximum Gasteiger partial charge on any atom is 0.266 e. The first kappa shape index (κ1) is 19.5. The Kier molecular flexibility index (Phi) is 6.81. The summed E-state index contributed by atoms with van der Waals surface area (Å²) >= 11 is 3.38. The number of carbonyl (C=O) groups excluding carboxylic acids is 1. The number of methoxy groups -OCH3 is 1. The Labute approximate surface area is 161 Å². The molecule has 2 aromatic carbocycles. The third-order valence-electron chi connectivity index (χ3n) is 3.60. The van der Waals surface area contributed by atoms with Crippen molar-refractivity contribution in [2.75, 3.05) is 19.0 Å². The van der Waals surface area contributed by atoms with Crippen molar-refractivity contribution >= 4 is 33.6 Å². The maximum absolute atomic E-state index is 12.4. The van der Waals surface area contributed by atoms with Crippen LogP contribution in [0.3, 0.4) is 0 Å². The molecule has 0 saturated heterocycles. The molecule has 0 fully saturated rings. The predicted octanol–water partition coefficient (Wildman–Crippen LogP) is 4.71. The molecule has 0 atom stereocenters. The van der Waals surface area contributed by atoms with E-state index in [9.17, 15) is 10.1 Å². The number of nitrogens with zero attached hydrogens (tertiary/aromatic N) is 1. The van der Waals surface area contributed by atoms with Gasteiger partial charge in [0.1, 0.15) is 11.6 Å². The first-order valence-electron chi connectivity index (χ1n) is 7.98. The number of hydrogen-bond acceptors (Lipinski definition) is 4. The summed E-state index contributed by atoms with van der Waals surface area (Å²) in [5, 5.41) is 12.1. The molecule has 0 aliphatic carbocycles. The summed E-state index contributed by atoms with van der Waals surface area (Å²) in [6, 6.07) is 12.7. The minimum Gasteiger partial charge on any atom is -0.493 e. The van der Waals surface area contributed by atoms with E-state index in [-0.39, 0.29) is 5.57 Å². The van der Waals surface area contributed by atoms with Gasteiger partial charge in [0.2, 0.25) is 0 Å². The van der Waals surface area contributed by atoms with Crippen LogP contribution in [0.2, 0.25) is 0 Å². The minimum atomic E-state index is -0.467. The molecule has 0 spiro atoms. The molecule has 1 N–H and O–H groups in total. The lowest BCUT2D eigenvalue weighted by Crippen LogP contribution is -2.14. The van der Waals surface area contributed by atoms with E-state index >= 15 is 0 Å². The topological polar surface area (TPSA) is 71.3 Å². The first-order chi connectivity index (χ1) is 12.5. The fourth-order valence-electron chi connectivity index (χ4n) is 2.32. The second kappa shape index (κ2) is 9.07. The molecule has 0 aliphatic rings. The molecular formula is C20H19BrN2O3. The van der Waals surface area contributed by atoms with E-state index in [1.54, 1.807) is 31.4 Å². The van der Waals surface area contributed by atoms with Crippen LogP contribution in [0.15, 0.2) is 46.4 Å². The van der Waals surface area contributed by atoms with Gasteiger partial charge in [0.25, 0.3) is 5.91 Å². The Balaban J connectivity index is 2.26. The zero-order valence-corrected chi connectivity index (χ0v) is 16.4. The lowest BCUT2D eigenvalue weighted by atomic mass is 10.1. The Hall–Kier alpha value is -2.78. The maximum atomic E-state index is 12.4. The smallest absolute Gasteiger partial charge is 0.266 e. The van der Waals surface area contributed by atoms with Crippen LogP contribution in [0.5, 0.6) is 11.5 Å². The zero-order chi connectivity index (χ0) is 19.1. The van der Waals surface area contributed by atoms with Crippen molar-refractivity contribution in [1.29, 1.82) is 5.26 Å². The summed E-state index contributed by atoms with van der Waals surface area (Å²) < 4.78 is 11.7. The van der Waals surface area contributed by atoms with Gasteiger partial charge in [-0.3, -0.25) is 4.79 Å². The van der Waals surface area contributed by atoms with Crippen molar-refractivity contribution in [3.63, 3.8) is 0 Å². The summed E-state index contributed by atoms with van der Waals surface area (Å²) in [6.07, 6.45) is 1.52. The highest BCUT2D eigenvalue weighted by Crippen LogP contribution is 2.29. The van der Waals surface area contributed by atoms with Gasteiger partial charge in [0.05, 0.1) is 13.7 Å². The molecule has 0 radical (unpaired) electrons. The molecule has 0 heterocycles. The molecule has 0 bridgehead atoms. The highest BCUT2D eigenvalue weighted by Gasteiger charge is 2.12. The number of anilines is 1. The van der Waals surface area contributed by atoms with Gasteiger partial charge in [-0.1, -0.05) is 22.0 Å². The third-order valence-corrected chi connectivity index (χ3v) is 4.09. The third kappa shape index (κ3) is 4.87. The number of ether oxygens (including phenoxy) is 2. The van der Waals surface area contributed by atoms with Crippen LogP contribution in [-0.2, 0) is 4.79 Å². The predicted molar refractivity (Wildman–Crippen MR) is 105 cm³/mol. The lowest BCUT2D eigenvalue weighted by molar-refractivity contribution is -0.112. The van der Waals surface area contributed by atoms with E-state index in [1.807, 2.05) is 32.0 Å². The standard InChI is InChI=1S/C20H19BrN2O3/c1-4-26-18-8-5-14(11-19(18)25-3)10-15(12-22)20(24)23-17-7-6-16(21)9-13(17)2/h5-11H,4H2,1-3H3,(H,23,24)/b15-10+. The number of nitrogens with one attached hydrogen (secondary N) is 1. The van der Waals surface area contributed by atoms with E-state index < -0.39 is 5.91 Å². The highest BCUT2D eigenvalue weighted by atomic mass is 79.9. The SMILES string of the molecule is CCOc1ccc(/C=C(\C#N)C(=O)Nc2ccc(Br)cc2C)cc1OC. The largest absolute Gasteiger partial charge is 0.493 e. The summed E-state index contributed by atoms with van der Waals surface area (Å²) in [7, 11) is 1.54. The van der Waals surface area contributed by atoms with Crippen molar-refractivity contribution in [3.8, 4) is 17.6 Å². The number of halogens is 1. The summed E-state index contributed by atoms with van der Waals surface area (Å²) in [6.45, 7) is 4.28. The number of aryl methyl sites for hydroxylation is 1. The Morgan fingerprint density at radius 3 is 2.65 bits per heavy atom. The number of rotatable bonds is 6. The number of benzene rings is 2. The minimum absolute atomic E-state index is 0.00136. The normalized spacial score (nSPS) is 10.8. The number of nitriles is 1. The number of hydrogen-bond donors (Lipinski definition) is 1. The van der Waals surface area contributed by atoms with Gasteiger partial charge in [-0.2, -0.15) is 5.26 Å². The average Bonchev–Trinajstić information content (AvgIpc) is 2.63. The van der Waals surface area contributed by atoms with Crippen LogP contribution in [0.4, 0.5) is 5.69 Å². The van der Waals surface area contributed by atoms with E-state index in [4.69, 9.17) is 9.47 Å². The fraction of sp³-hybridized carbons (Fsp3) is 0.200. The molecule has 26 heavy (non-hydrogen) atoms. The monoisotopic (exact) mass is 414 g/mol. The molecule has 0 aromatic heterocycles. The average molecular weight is 415 g/mol. The molecule has 134 valence electrons. The van der Waals surface area contributed by atoms with Crippen LogP contribution < -0.4 is 14.8 Å². The van der Waals surface area contributed by atoms with Crippen molar-refractivity contribution in [3.05, 3.63) is 57.6 Å². The van der Waals surface area contributed by atoms with Crippen LogP contribution in [-0.4, -0.2) is 19.6 Å². The van der Waals surface area contributed by atoms with Gasteiger partial charge in [-0.15, -0.1) is 0 Å². The first-order valence-corrected chi connectivity index (χ1v) is 8.78. The lowest BCUT2D eigenvalue weighted by Gasteiger charge is -2.10. The molecule has 2 rings (SSSR count). The van der Waals surface area contributed by atoms with E-state index in [1.165, 1.54) is 6.08 Å². The van der Waals surface area contributed by atoms with Gasteiger partial charge < -0.3 is 14.8 Å². The second-order valence-electron chi connectivity index (χ2n) is 5.43. The molecular weight excluding hydrogens is 396 g/mol. The zero-order valence-electron chi connectivity index (χ0n) is 14.8. The van der Waals surface area contributed by atoms with Gasteiger partial charge in [-0.05, 0) is 61.4 Å². The van der Waals surface area contributed by atoms with Gasteiger partial charge in [0.15, 0.2) is 11.5 Å². The summed E-state index contributed by atoms with van der Waals surface area (Å²) in [5.41, 5.74) is 2.22. The molecule has 0 aliphatic heterocycles. The molecule has 6 heteroatoms. The van der Waals surface area contributed by atoms with E-state index in [0.29, 0.717) is 29.4 Å². The van der Waals surface area contributed by atoms with Crippen molar-refractivity contribution in [2.24, 2.45) is 0 Å². The van der Waals surface area contributed by atoms with Gasteiger partial charge in [-0.25, -0.2) is 0 Å². The quantitative estimate of drug-likeness (QED) is 0.548. The fourth-order valence-corrected chi connectivity index (χ4v) is 2.80. The van der Waals surface area contributed by atoms with Crippen LogP contribution in [0.25, 0.3) is 6.08 Å². The van der Waals surface area contributed by atoms with Crippen LogP contribution in [0.1, 0.15) is 18.1 Å². The number of amides is 1.